The van der Waals surface area contributed by atoms with Crippen molar-refractivity contribution in [1.82, 2.24) is 10.4 Å². The first-order valence-electron chi connectivity index (χ1n) is 5.95. The summed E-state index contributed by atoms with van der Waals surface area (Å²) in [6, 6.07) is 3.96. The summed E-state index contributed by atoms with van der Waals surface area (Å²) in [6.07, 6.45) is 4.94. The highest BCUT2D eigenvalue weighted by atomic mass is 35.5. The third-order valence-corrected chi connectivity index (χ3v) is 3.47. The van der Waals surface area contributed by atoms with Crippen LogP contribution in [0.25, 0.3) is 0 Å². The van der Waals surface area contributed by atoms with Crippen LogP contribution in [0.15, 0.2) is 18.3 Å². The van der Waals surface area contributed by atoms with Crippen LogP contribution in [0.4, 0.5) is 0 Å². The van der Waals surface area contributed by atoms with Crippen LogP contribution >= 0.6 is 11.6 Å². The van der Waals surface area contributed by atoms with Crippen molar-refractivity contribution in [1.29, 1.82) is 0 Å². The lowest BCUT2D eigenvalue weighted by Gasteiger charge is -2.26. The molecule has 0 amide bonds. The molecule has 1 atom stereocenters. The molecule has 3 N–H and O–H groups in total. The Morgan fingerprint density at radius 2 is 2.29 bits per heavy atom. The Balaban J connectivity index is 2.00. The van der Waals surface area contributed by atoms with Crippen LogP contribution in [0.3, 0.4) is 0 Å². The van der Waals surface area contributed by atoms with E-state index in [1.165, 1.54) is 0 Å². The number of hydrazine groups is 1. The largest absolute Gasteiger partial charge is 0.381 e. The molecule has 0 aromatic carbocycles. The van der Waals surface area contributed by atoms with Crippen LogP contribution < -0.4 is 11.3 Å². The molecule has 94 valence electrons. The van der Waals surface area contributed by atoms with Gasteiger partial charge in [-0.1, -0.05) is 11.6 Å². The van der Waals surface area contributed by atoms with Gasteiger partial charge >= 0.3 is 0 Å². The number of rotatable bonds is 4. The van der Waals surface area contributed by atoms with Crippen molar-refractivity contribution in [2.24, 2.45) is 11.8 Å². The van der Waals surface area contributed by atoms with Crippen molar-refractivity contribution >= 4 is 11.6 Å². The Kier molecular flexibility index (Phi) is 4.74. The Hall–Kier alpha value is -0.680. The maximum absolute atomic E-state index is 5.89. The lowest BCUT2D eigenvalue weighted by molar-refractivity contribution is 0.0605. The molecule has 5 heteroatoms. The quantitative estimate of drug-likeness (QED) is 0.491. The first-order valence-corrected chi connectivity index (χ1v) is 6.32. The third-order valence-electron chi connectivity index (χ3n) is 3.26. The number of hydrogen-bond acceptors (Lipinski definition) is 4. The molecule has 1 aromatic heterocycles. The van der Waals surface area contributed by atoms with E-state index in [0.29, 0.717) is 11.1 Å². The summed E-state index contributed by atoms with van der Waals surface area (Å²) < 4.78 is 5.36. The molecule has 4 nitrogen and oxygen atoms in total. The predicted octanol–water partition coefficient (Wildman–Crippen LogP) is 2.06. The Morgan fingerprint density at radius 3 is 2.94 bits per heavy atom. The van der Waals surface area contributed by atoms with E-state index in [-0.39, 0.29) is 6.04 Å². The van der Waals surface area contributed by atoms with E-state index >= 15 is 0 Å². The van der Waals surface area contributed by atoms with E-state index in [1.807, 2.05) is 12.1 Å². The highest BCUT2D eigenvalue weighted by molar-refractivity contribution is 6.29. The lowest BCUT2D eigenvalue weighted by Crippen LogP contribution is -2.31. The number of pyridine rings is 1. The second-order valence-electron chi connectivity index (χ2n) is 4.42. The zero-order valence-corrected chi connectivity index (χ0v) is 10.5. The Labute approximate surface area is 106 Å². The molecule has 0 aliphatic carbocycles. The SMILES string of the molecule is NNC(CC1CCOCC1)c1ccnc(Cl)c1. The zero-order chi connectivity index (χ0) is 12.1. The first-order chi connectivity index (χ1) is 8.29. The zero-order valence-electron chi connectivity index (χ0n) is 9.73. The Morgan fingerprint density at radius 1 is 1.53 bits per heavy atom. The summed E-state index contributed by atoms with van der Waals surface area (Å²) >= 11 is 5.89. The van der Waals surface area contributed by atoms with E-state index in [0.717, 1.165) is 38.0 Å². The standard InChI is InChI=1S/C12H18ClN3O/c13-12-8-10(1-4-15-12)11(16-14)7-9-2-5-17-6-3-9/h1,4,8-9,11,16H,2-3,5-7,14H2. The van der Waals surface area contributed by atoms with Gasteiger partial charge in [0, 0.05) is 25.5 Å². The van der Waals surface area contributed by atoms with Gasteiger partial charge in [0.2, 0.25) is 0 Å². The molecular formula is C12H18ClN3O. The van der Waals surface area contributed by atoms with Gasteiger partial charge in [0.05, 0.1) is 0 Å². The summed E-state index contributed by atoms with van der Waals surface area (Å²) in [7, 11) is 0. The lowest BCUT2D eigenvalue weighted by atomic mass is 9.90. The maximum Gasteiger partial charge on any atom is 0.129 e. The fourth-order valence-electron chi connectivity index (χ4n) is 2.25. The summed E-state index contributed by atoms with van der Waals surface area (Å²) in [6.45, 7) is 1.72. The minimum Gasteiger partial charge on any atom is -0.381 e. The molecule has 1 aliphatic rings. The molecule has 1 fully saturated rings. The van der Waals surface area contributed by atoms with Gasteiger partial charge in [0.15, 0.2) is 0 Å². The number of nitrogens with zero attached hydrogens (tertiary/aromatic N) is 1. The second kappa shape index (κ2) is 6.31. The number of ether oxygens (including phenoxy) is 1. The summed E-state index contributed by atoms with van der Waals surface area (Å²) in [5, 5.41) is 0.509. The summed E-state index contributed by atoms with van der Waals surface area (Å²) in [4.78, 5) is 3.98. The molecule has 1 unspecified atom stereocenters. The van der Waals surface area contributed by atoms with Crippen molar-refractivity contribution in [3.63, 3.8) is 0 Å². The highest BCUT2D eigenvalue weighted by Gasteiger charge is 2.19. The van der Waals surface area contributed by atoms with Gasteiger partial charge < -0.3 is 4.74 Å². The van der Waals surface area contributed by atoms with Crippen LogP contribution in [-0.4, -0.2) is 18.2 Å². The smallest absolute Gasteiger partial charge is 0.129 e. The molecule has 1 aromatic rings. The van der Waals surface area contributed by atoms with Crippen molar-refractivity contribution in [2.75, 3.05) is 13.2 Å². The van der Waals surface area contributed by atoms with E-state index in [1.54, 1.807) is 6.20 Å². The van der Waals surface area contributed by atoms with Crippen LogP contribution in [0, 0.1) is 5.92 Å². The summed E-state index contributed by atoms with van der Waals surface area (Å²) in [5.74, 6) is 6.29. The van der Waals surface area contributed by atoms with Crippen molar-refractivity contribution in [3.05, 3.63) is 29.0 Å². The topological polar surface area (TPSA) is 60.2 Å². The van der Waals surface area contributed by atoms with Crippen molar-refractivity contribution in [2.45, 2.75) is 25.3 Å². The van der Waals surface area contributed by atoms with E-state index in [2.05, 4.69) is 10.4 Å². The average Bonchev–Trinajstić information content (AvgIpc) is 2.37. The molecule has 0 spiro atoms. The molecule has 1 aliphatic heterocycles. The monoisotopic (exact) mass is 255 g/mol. The number of halogens is 1. The van der Waals surface area contributed by atoms with E-state index in [4.69, 9.17) is 22.2 Å². The van der Waals surface area contributed by atoms with Gasteiger partial charge in [-0.05, 0) is 42.9 Å². The molecule has 17 heavy (non-hydrogen) atoms. The van der Waals surface area contributed by atoms with Crippen molar-refractivity contribution in [3.8, 4) is 0 Å². The van der Waals surface area contributed by atoms with Gasteiger partial charge in [-0.3, -0.25) is 11.3 Å². The first kappa shape index (κ1) is 12.8. The van der Waals surface area contributed by atoms with E-state index in [9.17, 15) is 0 Å². The van der Waals surface area contributed by atoms with Crippen molar-refractivity contribution < 1.29 is 4.74 Å². The van der Waals surface area contributed by atoms with Crippen LogP contribution in [0.1, 0.15) is 30.9 Å². The normalized spacial score (nSPS) is 19.2. The van der Waals surface area contributed by atoms with Gasteiger partial charge in [-0.25, -0.2) is 4.98 Å². The third kappa shape index (κ3) is 3.64. The number of hydrogen-bond donors (Lipinski definition) is 2. The molecule has 0 radical (unpaired) electrons. The molecule has 2 rings (SSSR count). The molecule has 0 saturated carbocycles. The highest BCUT2D eigenvalue weighted by Crippen LogP contribution is 2.27. The van der Waals surface area contributed by atoms with Gasteiger partial charge in [0.25, 0.3) is 0 Å². The number of nitrogens with two attached hydrogens (primary N) is 1. The fourth-order valence-corrected chi connectivity index (χ4v) is 2.43. The van der Waals surface area contributed by atoms with Gasteiger partial charge in [-0.2, -0.15) is 0 Å². The fraction of sp³-hybridized carbons (Fsp3) is 0.583. The average molecular weight is 256 g/mol. The predicted molar refractivity (Wildman–Crippen MR) is 67.5 cm³/mol. The van der Waals surface area contributed by atoms with Crippen LogP contribution in [0.2, 0.25) is 5.15 Å². The minimum atomic E-state index is 0.138. The molecule has 1 saturated heterocycles. The van der Waals surface area contributed by atoms with Gasteiger partial charge in [0.1, 0.15) is 5.15 Å². The molecule has 2 heterocycles. The maximum atomic E-state index is 5.89. The van der Waals surface area contributed by atoms with Gasteiger partial charge in [-0.15, -0.1) is 0 Å². The second-order valence-corrected chi connectivity index (χ2v) is 4.81. The molecular weight excluding hydrogens is 238 g/mol. The van der Waals surface area contributed by atoms with E-state index < -0.39 is 0 Å². The number of aromatic nitrogens is 1. The van der Waals surface area contributed by atoms with Crippen LogP contribution in [-0.2, 0) is 4.74 Å². The summed E-state index contributed by atoms with van der Waals surface area (Å²) in [5.41, 5.74) is 3.96. The Bertz CT molecular complexity index is 355. The molecule has 0 bridgehead atoms. The van der Waals surface area contributed by atoms with Crippen LogP contribution in [0.5, 0.6) is 0 Å². The number of nitrogens with one attached hydrogen (secondary N) is 1. The minimum absolute atomic E-state index is 0.138.